The first-order valence-electron chi connectivity index (χ1n) is 7.70. The second-order valence-electron chi connectivity index (χ2n) is 5.97. The summed E-state index contributed by atoms with van der Waals surface area (Å²) < 4.78 is 5.80. The summed E-state index contributed by atoms with van der Waals surface area (Å²) in [6.45, 7) is 4.41. The Labute approximate surface area is 127 Å². The Morgan fingerprint density at radius 1 is 1.10 bits per heavy atom. The number of likely N-dealkylation sites (N-methyl/N-ethyl adjacent to an activating group) is 1. The molecular weight excluding hydrogens is 258 g/mol. The van der Waals surface area contributed by atoms with Gasteiger partial charge in [0.15, 0.2) is 0 Å². The van der Waals surface area contributed by atoms with Crippen molar-refractivity contribution < 1.29 is 4.74 Å². The van der Waals surface area contributed by atoms with Gasteiger partial charge in [-0.15, -0.1) is 0 Å². The lowest BCUT2D eigenvalue weighted by molar-refractivity contribution is 0.254. The van der Waals surface area contributed by atoms with Crippen LogP contribution < -0.4 is 10.1 Å². The first kappa shape index (κ1) is 14.2. The van der Waals surface area contributed by atoms with Crippen LogP contribution in [0.4, 0.5) is 0 Å². The average molecular weight is 281 g/mol. The number of hydrogen-bond acceptors (Lipinski definition) is 2. The van der Waals surface area contributed by atoms with Crippen LogP contribution in [0.2, 0.25) is 0 Å². The molecule has 21 heavy (non-hydrogen) atoms. The quantitative estimate of drug-likeness (QED) is 0.912. The maximum absolute atomic E-state index is 5.80. The van der Waals surface area contributed by atoms with Crippen molar-refractivity contribution in [1.29, 1.82) is 0 Å². The van der Waals surface area contributed by atoms with Crippen molar-refractivity contribution in [1.82, 2.24) is 5.32 Å². The minimum absolute atomic E-state index is 0.301. The normalized spacial score (nSPS) is 19.7. The summed E-state index contributed by atoms with van der Waals surface area (Å²) in [5.41, 5.74) is 4.03. The summed E-state index contributed by atoms with van der Waals surface area (Å²) in [6, 6.07) is 17.6. The molecule has 1 N–H and O–H groups in total. The van der Waals surface area contributed by atoms with Crippen molar-refractivity contribution in [3.8, 4) is 5.75 Å². The highest BCUT2D eigenvalue weighted by molar-refractivity contribution is 5.42. The largest absolute Gasteiger partial charge is 0.490 e. The molecule has 0 aromatic heterocycles. The molecule has 0 fully saturated rings. The molecule has 2 aromatic rings. The summed E-state index contributed by atoms with van der Waals surface area (Å²) in [5, 5.41) is 3.48. The van der Waals surface area contributed by atoms with Gasteiger partial charge in [0.1, 0.15) is 11.9 Å². The number of fused-ring (bicyclic) bond motifs is 1. The number of ether oxygens (including phenoxy) is 1. The number of benzene rings is 2. The van der Waals surface area contributed by atoms with E-state index in [2.05, 4.69) is 67.7 Å². The highest BCUT2D eigenvalue weighted by Gasteiger charge is 2.23. The van der Waals surface area contributed by atoms with Gasteiger partial charge in [0.05, 0.1) is 0 Å². The molecule has 0 saturated carbocycles. The second-order valence-corrected chi connectivity index (χ2v) is 5.97. The van der Waals surface area contributed by atoms with Crippen molar-refractivity contribution in [2.45, 2.75) is 38.3 Å². The Kier molecular flexibility index (Phi) is 3.98. The lowest BCUT2D eigenvalue weighted by Gasteiger charge is -2.25. The lowest BCUT2D eigenvalue weighted by atomic mass is 9.88. The fourth-order valence-electron chi connectivity index (χ4n) is 3.29. The first-order chi connectivity index (χ1) is 10.2. The second kappa shape index (κ2) is 5.90. The minimum Gasteiger partial charge on any atom is -0.490 e. The van der Waals surface area contributed by atoms with Crippen LogP contribution >= 0.6 is 0 Å². The zero-order valence-electron chi connectivity index (χ0n) is 13.0. The van der Waals surface area contributed by atoms with Gasteiger partial charge in [-0.1, -0.05) is 49.4 Å². The zero-order valence-corrected chi connectivity index (χ0v) is 13.0. The molecule has 3 atom stereocenters. The molecule has 0 amide bonds. The van der Waals surface area contributed by atoms with Gasteiger partial charge in [-0.25, -0.2) is 0 Å². The molecule has 0 radical (unpaired) electrons. The molecule has 3 unspecified atom stereocenters. The number of rotatable bonds is 4. The molecule has 2 aromatic carbocycles. The van der Waals surface area contributed by atoms with E-state index in [0.29, 0.717) is 18.1 Å². The maximum Gasteiger partial charge on any atom is 0.123 e. The highest BCUT2D eigenvalue weighted by Crippen LogP contribution is 2.35. The third-order valence-corrected chi connectivity index (χ3v) is 4.42. The van der Waals surface area contributed by atoms with Gasteiger partial charge in [0, 0.05) is 18.4 Å². The molecule has 0 saturated heterocycles. The van der Waals surface area contributed by atoms with Crippen molar-refractivity contribution in [2.75, 3.05) is 7.05 Å². The topological polar surface area (TPSA) is 21.3 Å². The van der Waals surface area contributed by atoms with Crippen LogP contribution in [0, 0.1) is 0 Å². The van der Waals surface area contributed by atoms with E-state index < -0.39 is 0 Å². The molecule has 110 valence electrons. The van der Waals surface area contributed by atoms with Gasteiger partial charge < -0.3 is 10.1 Å². The Morgan fingerprint density at radius 3 is 2.57 bits per heavy atom. The minimum atomic E-state index is 0.301. The van der Waals surface area contributed by atoms with E-state index in [-0.39, 0.29) is 0 Å². The fraction of sp³-hybridized carbons (Fsp3) is 0.368. The Balaban J connectivity index is 1.89. The van der Waals surface area contributed by atoms with Crippen molar-refractivity contribution in [3.63, 3.8) is 0 Å². The molecule has 1 aliphatic heterocycles. The van der Waals surface area contributed by atoms with E-state index in [1.165, 1.54) is 16.7 Å². The van der Waals surface area contributed by atoms with Crippen molar-refractivity contribution in [3.05, 3.63) is 65.2 Å². The highest BCUT2D eigenvalue weighted by atomic mass is 16.5. The van der Waals surface area contributed by atoms with Crippen LogP contribution in [-0.2, 0) is 6.42 Å². The van der Waals surface area contributed by atoms with E-state index in [1.54, 1.807) is 0 Å². The third-order valence-electron chi connectivity index (χ3n) is 4.42. The van der Waals surface area contributed by atoms with Gasteiger partial charge in [0.25, 0.3) is 0 Å². The summed E-state index contributed by atoms with van der Waals surface area (Å²) >= 11 is 0. The van der Waals surface area contributed by atoms with E-state index in [0.717, 1.165) is 12.2 Å². The molecule has 0 bridgehead atoms. The third kappa shape index (κ3) is 2.81. The molecule has 1 aliphatic rings. The maximum atomic E-state index is 5.80. The summed E-state index contributed by atoms with van der Waals surface area (Å²) in [6.07, 6.45) is 1.31. The van der Waals surface area contributed by atoms with Gasteiger partial charge in [0.2, 0.25) is 0 Å². The molecule has 0 aliphatic carbocycles. The summed E-state index contributed by atoms with van der Waals surface area (Å²) in [5.74, 6) is 1.47. The molecular formula is C19H23NO. The van der Waals surface area contributed by atoms with E-state index in [9.17, 15) is 0 Å². The standard InChI is InChI=1S/C19H23NO/c1-13-11-17-12-16(9-10-18(17)21-13)19(20-3)14(2)15-7-5-4-6-8-15/h4-10,12-14,19-20H,11H2,1-3H3. The van der Waals surface area contributed by atoms with E-state index in [4.69, 9.17) is 4.74 Å². The van der Waals surface area contributed by atoms with Crippen LogP contribution in [-0.4, -0.2) is 13.2 Å². The Bertz CT molecular complexity index is 608. The predicted molar refractivity (Wildman–Crippen MR) is 86.9 cm³/mol. The van der Waals surface area contributed by atoms with Crippen LogP contribution in [0.5, 0.6) is 5.75 Å². The first-order valence-corrected chi connectivity index (χ1v) is 7.70. The molecule has 3 rings (SSSR count). The molecule has 1 heterocycles. The van der Waals surface area contributed by atoms with Gasteiger partial charge >= 0.3 is 0 Å². The van der Waals surface area contributed by atoms with Crippen molar-refractivity contribution >= 4 is 0 Å². The number of hydrogen-bond donors (Lipinski definition) is 1. The predicted octanol–water partition coefficient (Wildman–Crippen LogP) is 4.07. The van der Waals surface area contributed by atoms with Crippen LogP contribution in [0.25, 0.3) is 0 Å². The monoisotopic (exact) mass is 281 g/mol. The fourth-order valence-corrected chi connectivity index (χ4v) is 3.29. The van der Waals surface area contributed by atoms with Crippen molar-refractivity contribution in [2.24, 2.45) is 0 Å². The summed E-state index contributed by atoms with van der Waals surface area (Å²) in [4.78, 5) is 0. The smallest absolute Gasteiger partial charge is 0.123 e. The van der Waals surface area contributed by atoms with Crippen LogP contribution in [0.3, 0.4) is 0 Å². The molecule has 2 nitrogen and oxygen atoms in total. The Morgan fingerprint density at radius 2 is 1.86 bits per heavy atom. The Hall–Kier alpha value is -1.80. The average Bonchev–Trinajstić information content (AvgIpc) is 2.88. The van der Waals surface area contributed by atoms with Gasteiger partial charge in [-0.2, -0.15) is 0 Å². The SMILES string of the molecule is CNC(c1ccc2c(c1)CC(C)O2)C(C)c1ccccc1. The van der Waals surface area contributed by atoms with Crippen LogP contribution in [0.15, 0.2) is 48.5 Å². The van der Waals surface area contributed by atoms with Crippen LogP contribution in [0.1, 0.15) is 42.5 Å². The summed E-state index contributed by atoms with van der Waals surface area (Å²) in [7, 11) is 2.04. The van der Waals surface area contributed by atoms with E-state index >= 15 is 0 Å². The molecule has 0 spiro atoms. The molecule has 2 heteroatoms. The van der Waals surface area contributed by atoms with Gasteiger partial charge in [-0.05, 0) is 36.7 Å². The lowest BCUT2D eigenvalue weighted by Crippen LogP contribution is -2.22. The van der Waals surface area contributed by atoms with E-state index in [1.807, 2.05) is 7.05 Å². The number of nitrogens with one attached hydrogen (secondary N) is 1. The van der Waals surface area contributed by atoms with Gasteiger partial charge in [-0.3, -0.25) is 0 Å². The zero-order chi connectivity index (χ0) is 14.8.